The van der Waals surface area contributed by atoms with Crippen LogP contribution in [-0.4, -0.2) is 39.7 Å². The Morgan fingerprint density at radius 2 is 2.21 bits per heavy atom. The summed E-state index contributed by atoms with van der Waals surface area (Å²) in [4.78, 5) is 16.4. The van der Waals surface area contributed by atoms with Gasteiger partial charge in [0.15, 0.2) is 0 Å². The molecule has 0 unspecified atom stereocenters. The number of benzene rings is 1. The highest BCUT2D eigenvalue weighted by Gasteiger charge is 2.15. The third-order valence-electron chi connectivity index (χ3n) is 4.13. The minimum atomic E-state index is -0.0661. The molecule has 3 rings (SSSR count). The van der Waals surface area contributed by atoms with E-state index >= 15 is 0 Å². The lowest BCUT2D eigenvalue weighted by atomic mass is 10.2. The van der Waals surface area contributed by atoms with Crippen LogP contribution in [0.2, 0.25) is 0 Å². The van der Waals surface area contributed by atoms with Crippen LogP contribution in [0.5, 0.6) is 0 Å². The Morgan fingerprint density at radius 1 is 1.33 bits per heavy atom. The van der Waals surface area contributed by atoms with Gasteiger partial charge in [0.1, 0.15) is 5.82 Å². The minimum absolute atomic E-state index is 0.0661. The van der Waals surface area contributed by atoms with Crippen molar-refractivity contribution in [2.75, 3.05) is 18.1 Å². The Morgan fingerprint density at radius 3 is 3.00 bits per heavy atom. The molecule has 6 heteroatoms. The zero-order chi connectivity index (χ0) is 16.6. The monoisotopic (exact) mass is 344 g/mol. The first kappa shape index (κ1) is 16.9. The third kappa shape index (κ3) is 5.03. The van der Waals surface area contributed by atoms with Crippen LogP contribution in [0.3, 0.4) is 0 Å². The molecule has 5 nitrogen and oxygen atoms in total. The predicted molar refractivity (Wildman–Crippen MR) is 98.4 cm³/mol. The summed E-state index contributed by atoms with van der Waals surface area (Å²) in [7, 11) is 0. The van der Waals surface area contributed by atoms with E-state index in [0.717, 1.165) is 31.0 Å². The maximum atomic E-state index is 12.0. The van der Waals surface area contributed by atoms with Crippen LogP contribution in [0.15, 0.2) is 42.7 Å². The number of amides is 2. The van der Waals surface area contributed by atoms with E-state index < -0.39 is 0 Å². The molecule has 1 aliphatic heterocycles. The van der Waals surface area contributed by atoms with Crippen LogP contribution in [0.4, 0.5) is 4.79 Å². The number of hydrogen-bond acceptors (Lipinski definition) is 3. The van der Waals surface area contributed by atoms with Gasteiger partial charge in [-0.3, -0.25) is 0 Å². The summed E-state index contributed by atoms with van der Waals surface area (Å²) in [6, 6.07) is 10.6. The lowest BCUT2D eigenvalue weighted by Gasteiger charge is -2.22. The molecule has 1 aromatic carbocycles. The largest absolute Gasteiger partial charge is 0.338 e. The Labute approximate surface area is 147 Å². The van der Waals surface area contributed by atoms with E-state index in [1.807, 2.05) is 42.4 Å². The van der Waals surface area contributed by atoms with Crippen molar-refractivity contribution in [3.63, 3.8) is 0 Å². The first-order valence-electron chi connectivity index (χ1n) is 8.47. The quantitative estimate of drug-likeness (QED) is 0.847. The van der Waals surface area contributed by atoms with Gasteiger partial charge in [-0.1, -0.05) is 30.3 Å². The summed E-state index contributed by atoms with van der Waals surface area (Å²) in [6.45, 7) is 1.40. The van der Waals surface area contributed by atoms with Crippen LogP contribution in [0, 0.1) is 0 Å². The lowest BCUT2D eigenvalue weighted by molar-refractivity contribution is 0.237. The Kier molecular flexibility index (Phi) is 6.18. The zero-order valence-electron chi connectivity index (χ0n) is 13.8. The number of carbonyl (C=O) groups excluding carboxylic acids is 1. The standard InChI is InChI=1S/C18H24N4OS/c23-18(21-16-7-4-12-24-14-16)20-9-8-17-19-10-11-22(17)13-15-5-2-1-3-6-15/h1-3,5-6,10-11,16H,4,7-9,12-14H2,(H2,20,21,23)/t16-/m0/s1. The Hall–Kier alpha value is -1.95. The van der Waals surface area contributed by atoms with Crippen molar-refractivity contribution in [2.45, 2.75) is 31.8 Å². The van der Waals surface area contributed by atoms with Gasteiger partial charge in [-0.25, -0.2) is 9.78 Å². The average molecular weight is 344 g/mol. The van der Waals surface area contributed by atoms with E-state index in [1.54, 1.807) is 0 Å². The van der Waals surface area contributed by atoms with Gasteiger partial charge in [-0.2, -0.15) is 11.8 Å². The first-order valence-corrected chi connectivity index (χ1v) is 9.63. The number of carbonyl (C=O) groups is 1. The number of hydrogen-bond donors (Lipinski definition) is 2. The summed E-state index contributed by atoms with van der Waals surface area (Å²) >= 11 is 1.91. The molecule has 128 valence electrons. The summed E-state index contributed by atoms with van der Waals surface area (Å²) in [5.41, 5.74) is 1.25. The summed E-state index contributed by atoms with van der Waals surface area (Å²) in [5.74, 6) is 3.23. The highest BCUT2D eigenvalue weighted by Crippen LogP contribution is 2.16. The molecule has 2 aromatic rings. The van der Waals surface area contributed by atoms with Gasteiger partial charge in [0, 0.05) is 43.7 Å². The van der Waals surface area contributed by atoms with Crippen molar-refractivity contribution in [3.8, 4) is 0 Å². The van der Waals surface area contributed by atoms with Crippen molar-refractivity contribution in [1.82, 2.24) is 20.2 Å². The number of urea groups is 1. The second-order valence-corrected chi connectivity index (χ2v) is 7.17. The molecule has 1 aliphatic rings. The van der Waals surface area contributed by atoms with Gasteiger partial charge in [-0.05, 0) is 24.2 Å². The molecule has 2 amide bonds. The van der Waals surface area contributed by atoms with Gasteiger partial charge in [0.2, 0.25) is 0 Å². The molecule has 1 aromatic heterocycles. The maximum Gasteiger partial charge on any atom is 0.315 e. The van der Waals surface area contributed by atoms with Crippen LogP contribution in [-0.2, 0) is 13.0 Å². The highest BCUT2D eigenvalue weighted by atomic mass is 32.2. The van der Waals surface area contributed by atoms with E-state index in [2.05, 4.69) is 32.3 Å². The number of rotatable bonds is 6. The van der Waals surface area contributed by atoms with Gasteiger partial charge in [0.25, 0.3) is 0 Å². The zero-order valence-corrected chi connectivity index (χ0v) is 14.6. The fourth-order valence-corrected chi connectivity index (χ4v) is 3.94. The molecule has 2 heterocycles. The molecule has 2 N–H and O–H groups in total. The topological polar surface area (TPSA) is 59.0 Å². The van der Waals surface area contributed by atoms with Gasteiger partial charge in [-0.15, -0.1) is 0 Å². The van der Waals surface area contributed by atoms with Crippen molar-refractivity contribution in [3.05, 3.63) is 54.1 Å². The van der Waals surface area contributed by atoms with E-state index in [4.69, 9.17) is 0 Å². The van der Waals surface area contributed by atoms with Gasteiger partial charge in [0.05, 0.1) is 0 Å². The normalized spacial score (nSPS) is 17.4. The van der Waals surface area contributed by atoms with Crippen molar-refractivity contribution >= 4 is 17.8 Å². The van der Waals surface area contributed by atoms with Crippen LogP contribution < -0.4 is 10.6 Å². The second-order valence-electron chi connectivity index (χ2n) is 6.02. The van der Waals surface area contributed by atoms with Crippen molar-refractivity contribution < 1.29 is 4.79 Å². The summed E-state index contributed by atoms with van der Waals surface area (Å²) in [5, 5.41) is 6.00. The summed E-state index contributed by atoms with van der Waals surface area (Å²) in [6.07, 6.45) is 6.81. The van der Waals surface area contributed by atoms with Crippen molar-refractivity contribution in [1.29, 1.82) is 0 Å². The molecule has 0 saturated carbocycles. The van der Waals surface area contributed by atoms with E-state index in [1.165, 1.54) is 17.7 Å². The fraction of sp³-hybridized carbons (Fsp3) is 0.444. The number of imidazole rings is 1. The molecule has 1 saturated heterocycles. The van der Waals surface area contributed by atoms with E-state index in [-0.39, 0.29) is 6.03 Å². The van der Waals surface area contributed by atoms with Crippen LogP contribution in [0.25, 0.3) is 0 Å². The fourth-order valence-electron chi connectivity index (χ4n) is 2.87. The molecule has 0 spiro atoms. The number of thioether (sulfide) groups is 1. The van der Waals surface area contributed by atoms with Gasteiger partial charge < -0.3 is 15.2 Å². The summed E-state index contributed by atoms with van der Waals surface area (Å²) < 4.78 is 2.13. The van der Waals surface area contributed by atoms with Crippen LogP contribution >= 0.6 is 11.8 Å². The highest BCUT2D eigenvalue weighted by molar-refractivity contribution is 7.99. The van der Waals surface area contributed by atoms with Crippen LogP contribution in [0.1, 0.15) is 24.2 Å². The Bertz CT molecular complexity index is 637. The maximum absolute atomic E-state index is 12.0. The van der Waals surface area contributed by atoms with Crippen molar-refractivity contribution in [2.24, 2.45) is 0 Å². The number of aromatic nitrogens is 2. The van der Waals surface area contributed by atoms with Gasteiger partial charge >= 0.3 is 6.03 Å². The molecule has 1 fully saturated rings. The Balaban J connectivity index is 1.43. The smallest absolute Gasteiger partial charge is 0.315 e. The molecule has 0 bridgehead atoms. The molecular formula is C18H24N4OS. The molecule has 0 aliphatic carbocycles. The average Bonchev–Trinajstić information content (AvgIpc) is 3.04. The third-order valence-corrected chi connectivity index (χ3v) is 5.34. The van der Waals surface area contributed by atoms with E-state index in [0.29, 0.717) is 12.6 Å². The first-order chi connectivity index (χ1) is 11.8. The number of nitrogens with one attached hydrogen (secondary N) is 2. The molecular weight excluding hydrogens is 320 g/mol. The number of nitrogens with zero attached hydrogens (tertiary/aromatic N) is 2. The second kappa shape index (κ2) is 8.78. The molecule has 1 atom stereocenters. The SMILES string of the molecule is O=C(NCCc1nccn1Cc1ccccc1)N[C@H]1CCCSC1. The molecule has 0 radical (unpaired) electrons. The molecule has 24 heavy (non-hydrogen) atoms. The predicted octanol–water partition coefficient (Wildman–Crippen LogP) is 2.67. The van der Waals surface area contributed by atoms with E-state index in [9.17, 15) is 4.79 Å². The minimum Gasteiger partial charge on any atom is -0.338 e. The lowest BCUT2D eigenvalue weighted by Crippen LogP contribution is -2.44.